The van der Waals surface area contributed by atoms with Gasteiger partial charge in [-0.15, -0.1) is 0 Å². The summed E-state index contributed by atoms with van der Waals surface area (Å²) >= 11 is 0. The summed E-state index contributed by atoms with van der Waals surface area (Å²) in [6.07, 6.45) is 12.1. The zero-order valence-corrected chi connectivity index (χ0v) is 19.7. The van der Waals surface area contributed by atoms with E-state index in [1.54, 1.807) is 6.20 Å². The maximum Gasteiger partial charge on any atom is 0.226 e. The van der Waals surface area contributed by atoms with Gasteiger partial charge in [0.2, 0.25) is 5.91 Å². The van der Waals surface area contributed by atoms with Crippen molar-refractivity contribution < 1.29 is 4.79 Å². The first-order valence-corrected chi connectivity index (χ1v) is 12.9. The topological polar surface area (TPSA) is 69.9 Å². The van der Waals surface area contributed by atoms with E-state index in [-0.39, 0.29) is 11.5 Å². The first-order valence-electron chi connectivity index (χ1n) is 12.9. The molecule has 1 aromatic carbocycles. The molecule has 2 aromatic heterocycles. The Bertz CT molecular complexity index is 1380. The number of aryl methyl sites for hydroxylation is 1. The molecule has 4 aliphatic rings. The molecule has 5 heteroatoms. The van der Waals surface area contributed by atoms with E-state index in [4.69, 9.17) is 5.26 Å². The normalized spacial score (nSPS) is 30.0. The summed E-state index contributed by atoms with van der Waals surface area (Å²) in [7, 11) is 0. The quantitative estimate of drug-likeness (QED) is 0.527. The number of amides is 1. The van der Waals surface area contributed by atoms with Crippen LogP contribution >= 0.6 is 0 Å². The van der Waals surface area contributed by atoms with Crippen LogP contribution in [0, 0.1) is 35.0 Å². The van der Waals surface area contributed by atoms with Crippen molar-refractivity contribution in [2.75, 3.05) is 6.54 Å². The number of nitriles is 1. The van der Waals surface area contributed by atoms with E-state index in [9.17, 15) is 4.79 Å². The predicted molar refractivity (Wildman–Crippen MR) is 134 cm³/mol. The molecule has 1 spiro atoms. The highest BCUT2D eigenvalue weighted by molar-refractivity contribution is 5.89. The van der Waals surface area contributed by atoms with Crippen molar-refractivity contribution in [1.82, 2.24) is 14.9 Å². The molecule has 3 aliphatic carbocycles. The smallest absolute Gasteiger partial charge is 0.226 e. The summed E-state index contributed by atoms with van der Waals surface area (Å²) in [5.74, 6) is 2.65. The van der Waals surface area contributed by atoms with Gasteiger partial charge in [0.05, 0.1) is 16.6 Å². The largest absolute Gasteiger partial charge is 0.336 e. The van der Waals surface area contributed by atoms with Crippen LogP contribution < -0.4 is 0 Å². The van der Waals surface area contributed by atoms with E-state index in [0.29, 0.717) is 23.3 Å². The third-order valence-corrected chi connectivity index (χ3v) is 9.41. The second-order valence-electron chi connectivity index (χ2n) is 10.9. The van der Waals surface area contributed by atoms with E-state index < -0.39 is 0 Å². The number of fused-ring (bicyclic) bond motifs is 1. The molecule has 1 amide bonds. The van der Waals surface area contributed by atoms with Crippen LogP contribution in [0.5, 0.6) is 0 Å². The van der Waals surface area contributed by atoms with Gasteiger partial charge in [0.15, 0.2) is 0 Å². The summed E-state index contributed by atoms with van der Waals surface area (Å²) in [5.41, 5.74) is 5.49. The van der Waals surface area contributed by atoms with Crippen molar-refractivity contribution in [3.8, 4) is 6.07 Å². The van der Waals surface area contributed by atoms with Gasteiger partial charge in [0, 0.05) is 41.9 Å². The fraction of sp³-hybridized carbons (Fsp3) is 0.400. The van der Waals surface area contributed by atoms with Crippen LogP contribution in [0.25, 0.3) is 17.0 Å². The highest BCUT2D eigenvalue weighted by Crippen LogP contribution is 2.71. The number of pyridine rings is 2. The molecule has 0 radical (unpaired) electrons. The molecule has 35 heavy (non-hydrogen) atoms. The number of hydrogen-bond acceptors (Lipinski definition) is 4. The number of hydrogen-bond donors (Lipinski definition) is 0. The molecular weight excluding hydrogens is 432 g/mol. The number of aromatic nitrogens is 2. The molecule has 5 nitrogen and oxygen atoms in total. The van der Waals surface area contributed by atoms with Crippen LogP contribution in [0.15, 0.2) is 60.4 Å². The van der Waals surface area contributed by atoms with Crippen LogP contribution in [0.4, 0.5) is 0 Å². The lowest BCUT2D eigenvalue weighted by Gasteiger charge is -2.80. The van der Waals surface area contributed by atoms with Gasteiger partial charge in [-0.05, 0) is 80.2 Å². The lowest BCUT2D eigenvalue weighted by Crippen LogP contribution is -2.87. The maximum absolute atomic E-state index is 13.4. The molecule has 3 aromatic rings. The van der Waals surface area contributed by atoms with Crippen LogP contribution in [0.1, 0.15) is 48.9 Å². The third-order valence-electron chi connectivity index (χ3n) is 9.41. The summed E-state index contributed by atoms with van der Waals surface area (Å²) in [6, 6.07) is 16.3. The molecule has 0 bridgehead atoms. The van der Waals surface area contributed by atoms with E-state index in [2.05, 4.69) is 45.2 Å². The van der Waals surface area contributed by atoms with Crippen LogP contribution in [-0.2, 0) is 11.2 Å². The number of allylic oxidation sites excluding steroid dienone is 1. The molecule has 4 fully saturated rings. The van der Waals surface area contributed by atoms with E-state index in [0.717, 1.165) is 49.4 Å². The second kappa shape index (κ2) is 7.75. The van der Waals surface area contributed by atoms with Gasteiger partial charge >= 0.3 is 0 Å². The van der Waals surface area contributed by atoms with Crippen molar-refractivity contribution in [3.05, 3.63) is 77.3 Å². The first-order chi connectivity index (χ1) is 17.2. The Morgan fingerprint density at radius 2 is 2.06 bits per heavy atom. The molecule has 4 unspecified atom stereocenters. The molecule has 0 N–H and O–H groups in total. The number of nitrogens with zero attached hydrogens (tertiary/aromatic N) is 4. The van der Waals surface area contributed by atoms with E-state index in [1.807, 2.05) is 30.5 Å². The summed E-state index contributed by atoms with van der Waals surface area (Å²) < 4.78 is 0. The van der Waals surface area contributed by atoms with E-state index >= 15 is 0 Å². The number of carbonyl (C=O) groups excluding carboxylic acids is 1. The molecule has 4 atom stereocenters. The van der Waals surface area contributed by atoms with Gasteiger partial charge in [-0.3, -0.25) is 14.8 Å². The Morgan fingerprint density at radius 1 is 1.14 bits per heavy atom. The first kappa shape index (κ1) is 20.8. The standard InChI is InChI=1S/C30H28N4O/c31-16-19-6-7-23(33-17-19)8-9-25-26-10-11-30(26)27(25)18-34(30)29(35)22-14-20(15-22)13-21-3-1-5-28-24(21)4-2-12-32-28/h1-7,12-13,17,22,25-27H,8-11,14-15,18H2. The monoisotopic (exact) mass is 460 g/mol. The van der Waals surface area contributed by atoms with Crippen molar-refractivity contribution in [1.29, 1.82) is 5.26 Å². The Morgan fingerprint density at radius 3 is 2.80 bits per heavy atom. The van der Waals surface area contributed by atoms with Gasteiger partial charge in [-0.25, -0.2) is 0 Å². The Kier molecular flexibility index (Phi) is 4.61. The third kappa shape index (κ3) is 3.02. The van der Waals surface area contributed by atoms with Crippen molar-refractivity contribution in [3.63, 3.8) is 0 Å². The molecule has 1 saturated heterocycles. The molecule has 3 heterocycles. The van der Waals surface area contributed by atoms with Gasteiger partial charge in [-0.1, -0.05) is 29.8 Å². The molecular formula is C30H28N4O. The van der Waals surface area contributed by atoms with Crippen molar-refractivity contribution in [2.45, 2.75) is 44.1 Å². The van der Waals surface area contributed by atoms with Crippen molar-refractivity contribution >= 4 is 22.9 Å². The Labute approximate surface area is 205 Å². The molecule has 3 saturated carbocycles. The number of carbonyl (C=O) groups is 1. The molecule has 7 rings (SSSR count). The van der Waals surface area contributed by atoms with Crippen molar-refractivity contribution in [2.24, 2.45) is 23.7 Å². The summed E-state index contributed by atoms with van der Waals surface area (Å²) in [4.78, 5) is 24.6. The van der Waals surface area contributed by atoms with Crippen LogP contribution in [-0.4, -0.2) is 32.9 Å². The van der Waals surface area contributed by atoms with Gasteiger partial charge in [0.25, 0.3) is 0 Å². The van der Waals surface area contributed by atoms with Gasteiger partial charge in [0.1, 0.15) is 6.07 Å². The Balaban J connectivity index is 0.968. The fourth-order valence-corrected chi connectivity index (χ4v) is 7.48. The number of benzene rings is 1. The number of rotatable bonds is 5. The lowest BCUT2D eigenvalue weighted by molar-refractivity contribution is -0.290. The average molecular weight is 461 g/mol. The molecule has 174 valence electrons. The SMILES string of the molecule is N#Cc1ccc(CCC2C3CCC34C2CN4C(=O)C2CC(=Cc3cccc4ncccc34)C2)nc1. The minimum Gasteiger partial charge on any atom is -0.336 e. The highest BCUT2D eigenvalue weighted by Gasteiger charge is 2.75. The summed E-state index contributed by atoms with van der Waals surface area (Å²) in [6.45, 7) is 0.950. The maximum atomic E-state index is 13.4. The lowest BCUT2D eigenvalue weighted by atomic mass is 9.36. The Hall–Kier alpha value is -3.52. The van der Waals surface area contributed by atoms with E-state index in [1.165, 1.54) is 29.4 Å². The zero-order chi connectivity index (χ0) is 23.6. The van der Waals surface area contributed by atoms with Crippen LogP contribution in [0.2, 0.25) is 0 Å². The minimum atomic E-state index is 0.160. The summed E-state index contributed by atoms with van der Waals surface area (Å²) in [5, 5.41) is 10.1. The van der Waals surface area contributed by atoms with Crippen LogP contribution in [0.3, 0.4) is 0 Å². The average Bonchev–Trinajstić information content (AvgIpc) is 2.83. The predicted octanol–water partition coefficient (Wildman–Crippen LogP) is 5.16. The van der Waals surface area contributed by atoms with Gasteiger partial charge < -0.3 is 4.90 Å². The number of piperidine rings is 1. The minimum absolute atomic E-state index is 0.160. The fourth-order valence-electron chi connectivity index (χ4n) is 7.48. The number of likely N-dealkylation sites (tertiary alicyclic amines) is 1. The second-order valence-corrected chi connectivity index (χ2v) is 10.9. The zero-order valence-electron chi connectivity index (χ0n) is 19.7. The highest BCUT2D eigenvalue weighted by atomic mass is 16.2. The van der Waals surface area contributed by atoms with Gasteiger partial charge in [-0.2, -0.15) is 5.26 Å². The molecule has 1 aliphatic heterocycles.